The van der Waals surface area contributed by atoms with Crippen LogP contribution in [0.2, 0.25) is 0 Å². The molecule has 244 valence electrons. The van der Waals surface area contributed by atoms with Crippen molar-refractivity contribution in [2.45, 2.75) is 57.7 Å². The molecule has 1 aromatic heterocycles. The van der Waals surface area contributed by atoms with Crippen LogP contribution in [0.15, 0.2) is 53.3 Å². The van der Waals surface area contributed by atoms with E-state index in [0.717, 1.165) is 11.1 Å². The number of amides is 3. The predicted molar refractivity (Wildman–Crippen MR) is 170 cm³/mol. The number of aromatic amines is 1. The number of H-pyrrole nitrogens is 1. The Morgan fingerprint density at radius 1 is 0.957 bits per heavy atom. The van der Waals surface area contributed by atoms with Gasteiger partial charge < -0.3 is 39.5 Å². The molecule has 12 heteroatoms. The van der Waals surface area contributed by atoms with Crippen molar-refractivity contribution in [1.82, 2.24) is 20.5 Å². The molecule has 12 nitrogen and oxygen atoms in total. The number of carbonyl (C=O) groups is 3. The fourth-order valence-corrected chi connectivity index (χ4v) is 5.74. The number of benzene rings is 2. The number of rotatable bonds is 4. The lowest BCUT2D eigenvalue weighted by Crippen LogP contribution is -2.58. The second-order valence-electron chi connectivity index (χ2n) is 11.7. The number of pyridine rings is 1. The number of aromatic nitrogens is 1. The van der Waals surface area contributed by atoms with Crippen LogP contribution in [-0.2, 0) is 22.6 Å². The number of fused-ring (bicyclic) bond motifs is 9. The van der Waals surface area contributed by atoms with Crippen molar-refractivity contribution in [3.8, 4) is 23.0 Å². The predicted octanol–water partition coefficient (Wildman–Crippen LogP) is 2.94. The molecule has 1 fully saturated rings. The van der Waals surface area contributed by atoms with Crippen LogP contribution >= 0.6 is 0 Å². The molecule has 0 aliphatic carbocycles. The number of ether oxygens (including phenoxy) is 4. The van der Waals surface area contributed by atoms with Crippen LogP contribution in [0.3, 0.4) is 0 Å². The van der Waals surface area contributed by atoms with Gasteiger partial charge in [0.05, 0.1) is 25.8 Å². The van der Waals surface area contributed by atoms with E-state index in [-0.39, 0.29) is 49.4 Å². The highest BCUT2D eigenvalue weighted by Gasteiger charge is 2.35. The summed E-state index contributed by atoms with van der Waals surface area (Å²) >= 11 is 0. The van der Waals surface area contributed by atoms with Crippen molar-refractivity contribution in [3.05, 3.63) is 81.3 Å². The van der Waals surface area contributed by atoms with E-state index in [1.54, 1.807) is 42.3 Å². The second-order valence-corrected chi connectivity index (χ2v) is 11.7. The number of piperidine rings is 1. The quantitative estimate of drug-likeness (QED) is 0.398. The van der Waals surface area contributed by atoms with Gasteiger partial charge in [0.1, 0.15) is 17.6 Å². The second kappa shape index (κ2) is 14.4. The lowest BCUT2D eigenvalue weighted by atomic mass is 9.98. The Bertz CT molecular complexity index is 1650. The van der Waals surface area contributed by atoms with E-state index in [1.165, 1.54) is 13.2 Å². The summed E-state index contributed by atoms with van der Waals surface area (Å²) in [6.07, 6.45) is 0.660. The van der Waals surface area contributed by atoms with Crippen LogP contribution < -0.4 is 35.1 Å². The fourth-order valence-electron chi connectivity index (χ4n) is 5.74. The van der Waals surface area contributed by atoms with Crippen LogP contribution in [0.1, 0.15) is 59.8 Å². The largest absolute Gasteiger partial charge is 0.496 e. The molecule has 4 bridgehead atoms. The third-order valence-corrected chi connectivity index (χ3v) is 8.19. The van der Waals surface area contributed by atoms with E-state index in [0.29, 0.717) is 53.6 Å². The lowest BCUT2D eigenvalue weighted by molar-refractivity contribution is -0.125. The highest BCUT2D eigenvalue weighted by atomic mass is 16.5. The number of aryl methyl sites for hydroxylation is 1. The minimum absolute atomic E-state index is 0.0761. The molecule has 2 atom stereocenters. The molecule has 2 aromatic carbocycles. The van der Waals surface area contributed by atoms with Gasteiger partial charge in [0, 0.05) is 55.9 Å². The Balaban J connectivity index is 1.44. The van der Waals surface area contributed by atoms with Gasteiger partial charge in [-0.25, -0.2) is 0 Å². The van der Waals surface area contributed by atoms with Crippen molar-refractivity contribution in [2.75, 3.05) is 33.9 Å². The first-order chi connectivity index (χ1) is 22.1. The Kier molecular flexibility index (Phi) is 10.1. The Morgan fingerprint density at radius 2 is 1.76 bits per heavy atom. The number of carbonyl (C=O) groups excluding carboxylic acids is 3. The van der Waals surface area contributed by atoms with Gasteiger partial charge in [0.25, 0.3) is 11.8 Å². The van der Waals surface area contributed by atoms with Gasteiger partial charge in [-0.15, -0.1) is 0 Å². The standard InChI is InChI=1S/C34H40N4O8/c1-20(2)33-24(9-12-31(40)37-33)34(42)38-14-13-26-25(18-38)36-32(41)19-45-29-15-21(5-10-27(29)43-3)6-11-30(39)35-17-22-7-8-23(46-26)16-28(22)44-4/h5,7-10,12,15-16,20,25-26H,6,11,13-14,17-19H2,1-4H3,(H,35,39)(H,36,41)(H,37,40)/t25-,26+/m1/s1. The summed E-state index contributed by atoms with van der Waals surface area (Å²) in [6.45, 7) is 4.33. The minimum Gasteiger partial charge on any atom is -0.496 e. The average Bonchev–Trinajstić information content (AvgIpc) is 3.05. The number of methoxy groups -OCH3 is 2. The molecule has 4 heterocycles. The van der Waals surface area contributed by atoms with Crippen molar-refractivity contribution >= 4 is 17.7 Å². The summed E-state index contributed by atoms with van der Waals surface area (Å²) in [4.78, 5) is 56.2. The molecule has 0 saturated carbocycles. The van der Waals surface area contributed by atoms with Gasteiger partial charge in [0.15, 0.2) is 18.1 Å². The van der Waals surface area contributed by atoms with Gasteiger partial charge >= 0.3 is 0 Å². The zero-order valence-corrected chi connectivity index (χ0v) is 26.5. The van der Waals surface area contributed by atoms with Crippen molar-refractivity contribution in [3.63, 3.8) is 0 Å². The number of likely N-dealkylation sites (tertiary alicyclic amines) is 1. The molecule has 3 aliphatic heterocycles. The molecule has 3 aliphatic rings. The zero-order chi connectivity index (χ0) is 32.8. The van der Waals surface area contributed by atoms with Crippen LogP contribution in [0.5, 0.6) is 23.0 Å². The summed E-state index contributed by atoms with van der Waals surface area (Å²) in [7, 11) is 3.07. The maximum Gasteiger partial charge on any atom is 0.258 e. The number of hydrogen-bond acceptors (Lipinski definition) is 8. The topological polar surface area (TPSA) is 148 Å². The summed E-state index contributed by atoms with van der Waals surface area (Å²) in [5, 5.41) is 5.96. The van der Waals surface area contributed by atoms with E-state index >= 15 is 0 Å². The monoisotopic (exact) mass is 632 g/mol. The van der Waals surface area contributed by atoms with Crippen molar-refractivity contribution in [2.24, 2.45) is 0 Å². The van der Waals surface area contributed by atoms with Gasteiger partial charge in [-0.3, -0.25) is 19.2 Å². The molecule has 0 spiro atoms. The molecule has 1 saturated heterocycles. The van der Waals surface area contributed by atoms with Gasteiger partial charge in [0.2, 0.25) is 11.5 Å². The number of nitrogens with zero attached hydrogens (tertiary/aromatic N) is 1. The SMILES string of the molecule is COc1cc2ccc1CNC(=O)CCc1ccc(OC)c(c1)OCC(=O)N[C@@H]1CN(C(=O)c3ccc(=O)[nH]c3C(C)C)CC[C@@H]1O2. The van der Waals surface area contributed by atoms with E-state index < -0.39 is 18.1 Å². The highest BCUT2D eigenvalue weighted by Crippen LogP contribution is 2.30. The molecule has 46 heavy (non-hydrogen) atoms. The van der Waals surface area contributed by atoms with Gasteiger partial charge in [-0.05, 0) is 48.2 Å². The smallest absolute Gasteiger partial charge is 0.258 e. The van der Waals surface area contributed by atoms with E-state index in [9.17, 15) is 19.2 Å². The van der Waals surface area contributed by atoms with Gasteiger partial charge in [-0.2, -0.15) is 0 Å². The molecule has 3 N–H and O–H groups in total. The van der Waals surface area contributed by atoms with E-state index in [2.05, 4.69) is 15.6 Å². The summed E-state index contributed by atoms with van der Waals surface area (Å²) in [5.74, 6) is 1.06. The molecule has 0 unspecified atom stereocenters. The third kappa shape index (κ3) is 7.61. The summed E-state index contributed by atoms with van der Waals surface area (Å²) in [5.41, 5.74) is 2.34. The number of hydrogen-bond donors (Lipinski definition) is 3. The van der Waals surface area contributed by atoms with Crippen molar-refractivity contribution < 1.29 is 33.3 Å². The zero-order valence-electron chi connectivity index (χ0n) is 26.5. The molecule has 0 radical (unpaired) electrons. The van der Waals surface area contributed by atoms with Crippen LogP contribution in [-0.4, -0.2) is 73.7 Å². The maximum atomic E-state index is 13.8. The normalized spacial score (nSPS) is 18.9. The first-order valence-corrected chi connectivity index (χ1v) is 15.4. The third-order valence-electron chi connectivity index (χ3n) is 8.19. The molecule has 6 rings (SSSR count). The Hall–Kier alpha value is -5.00. The van der Waals surface area contributed by atoms with Crippen LogP contribution in [0.4, 0.5) is 0 Å². The van der Waals surface area contributed by atoms with Crippen molar-refractivity contribution in [1.29, 1.82) is 0 Å². The van der Waals surface area contributed by atoms with Crippen LogP contribution in [0, 0.1) is 0 Å². The summed E-state index contributed by atoms with van der Waals surface area (Å²) < 4.78 is 23.3. The maximum absolute atomic E-state index is 13.8. The molecular formula is C34H40N4O8. The highest BCUT2D eigenvalue weighted by molar-refractivity contribution is 5.95. The molecular weight excluding hydrogens is 592 g/mol. The Morgan fingerprint density at radius 3 is 2.52 bits per heavy atom. The number of nitrogens with one attached hydrogen (secondary N) is 3. The minimum atomic E-state index is -0.584. The van der Waals surface area contributed by atoms with E-state index in [4.69, 9.17) is 18.9 Å². The fraction of sp³-hybridized carbons (Fsp3) is 0.412. The van der Waals surface area contributed by atoms with Gasteiger partial charge in [-0.1, -0.05) is 19.9 Å². The van der Waals surface area contributed by atoms with E-state index in [1.807, 2.05) is 26.0 Å². The molecule has 3 amide bonds. The molecule has 3 aromatic rings. The summed E-state index contributed by atoms with van der Waals surface area (Å²) in [6, 6.07) is 13.1. The first kappa shape index (κ1) is 32.4. The lowest BCUT2D eigenvalue weighted by Gasteiger charge is -2.39. The first-order valence-electron chi connectivity index (χ1n) is 15.4. The Labute approximate surface area is 267 Å². The van der Waals surface area contributed by atoms with Crippen LogP contribution in [0.25, 0.3) is 0 Å². The average molecular weight is 633 g/mol.